The minimum Gasteiger partial charge on any atom is -0.383 e. The van der Waals surface area contributed by atoms with E-state index in [4.69, 9.17) is 4.74 Å². The number of aromatic nitrogens is 2. The van der Waals surface area contributed by atoms with Crippen LogP contribution in [0.15, 0.2) is 29.2 Å². The van der Waals surface area contributed by atoms with Gasteiger partial charge in [0.2, 0.25) is 5.95 Å². The van der Waals surface area contributed by atoms with Crippen molar-refractivity contribution in [1.82, 2.24) is 9.55 Å². The molecule has 98 valence electrons. The molecule has 5 heteroatoms. The van der Waals surface area contributed by atoms with Crippen LogP contribution in [0.2, 0.25) is 0 Å². The van der Waals surface area contributed by atoms with Crippen molar-refractivity contribution in [3.63, 3.8) is 0 Å². The zero-order valence-corrected chi connectivity index (χ0v) is 11.8. The van der Waals surface area contributed by atoms with E-state index in [1.807, 2.05) is 12.4 Å². The second-order valence-electron chi connectivity index (χ2n) is 4.39. The largest absolute Gasteiger partial charge is 0.383 e. The molecule has 0 saturated heterocycles. The molecule has 2 aromatic heterocycles. The van der Waals surface area contributed by atoms with Gasteiger partial charge in [0.25, 0.3) is 0 Å². The first kappa shape index (κ1) is 13.1. The van der Waals surface area contributed by atoms with Crippen molar-refractivity contribution in [3.05, 3.63) is 34.8 Å². The highest BCUT2D eigenvalue weighted by atomic mass is 32.1. The van der Waals surface area contributed by atoms with Crippen molar-refractivity contribution < 1.29 is 4.74 Å². The fraction of sp³-hybridized carbons (Fsp3) is 0.462. The van der Waals surface area contributed by atoms with E-state index in [2.05, 4.69) is 45.5 Å². The molecule has 2 heterocycles. The molecule has 18 heavy (non-hydrogen) atoms. The van der Waals surface area contributed by atoms with E-state index in [1.54, 1.807) is 18.4 Å². The second-order valence-corrected chi connectivity index (χ2v) is 5.17. The standard InChI is InChI=1S/C13H19N3OS/c1-10(8-17-3)16-6-5-14-13(16)15-11(2)12-4-7-18-9-12/h4-7,9-11H,8H2,1-3H3,(H,14,15). The monoisotopic (exact) mass is 265 g/mol. The van der Waals surface area contributed by atoms with Gasteiger partial charge in [0.1, 0.15) is 0 Å². The molecule has 0 aromatic carbocycles. The van der Waals surface area contributed by atoms with Gasteiger partial charge >= 0.3 is 0 Å². The minimum absolute atomic E-state index is 0.257. The molecule has 0 bridgehead atoms. The first-order valence-corrected chi connectivity index (χ1v) is 6.97. The molecule has 2 unspecified atom stereocenters. The molecule has 2 atom stereocenters. The Morgan fingerprint density at radius 2 is 2.33 bits per heavy atom. The van der Waals surface area contributed by atoms with Gasteiger partial charge in [0.05, 0.1) is 18.7 Å². The first-order chi connectivity index (χ1) is 8.72. The van der Waals surface area contributed by atoms with Crippen LogP contribution in [0.3, 0.4) is 0 Å². The summed E-state index contributed by atoms with van der Waals surface area (Å²) < 4.78 is 7.29. The molecule has 4 nitrogen and oxygen atoms in total. The number of nitrogens with one attached hydrogen (secondary N) is 1. The van der Waals surface area contributed by atoms with Crippen LogP contribution in [0.5, 0.6) is 0 Å². The van der Waals surface area contributed by atoms with Crippen molar-refractivity contribution >= 4 is 17.3 Å². The molecule has 0 fully saturated rings. The van der Waals surface area contributed by atoms with Crippen molar-refractivity contribution in [3.8, 4) is 0 Å². The molecular formula is C13H19N3OS. The van der Waals surface area contributed by atoms with Crippen molar-refractivity contribution in [2.75, 3.05) is 19.0 Å². The van der Waals surface area contributed by atoms with Gasteiger partial charge in [-0.05, 0) is 36.2 Å². The highest BCUT2D eigenvalue weighted by Crippen LogP contribution is 2.22. The number of anilines is 1. The molecule has 0 aliphatic carbocycles. The lowest BCUT2D eigenvalue weighted by atomic mass is 10.2. The average Bonchev–Trinajstić information content (AvgIpc) is 2.99. The van der Waals surface area contributed by atoms with Crippen LogP contribution >= 0.6 is 11.3 Å². The smallest absolute Gasteiger partial charge is 0.203 e. The third-order valence-electron chi connectivity index (χ3n) is 2.94. The quantitative estimate of drug-likeness (QED) is 0.870. The predicted octanol–water partition coefficient (Wildman–Crippen LogP) is 3.33. The number of nitrogens with zero attached hydrogens (tertiary/aromatic N) is 2. The predicted molar refractivity (Wildman–Crippen MR) is 75.2 cm³/mol. The summed E-state index contributed by atoms with van der Waals surface area (Å²) in [5.41, 5.74) is 1.29. The number of rotatable bonds is 6. The van der Waals surface area contributed by atoms with E-state index in [0.29, 0.717) is 6.61 Å². The zero-order valence-electron chi connectivity index (χ0n) is 11.0. The van der Waals surface area contributed by atoms with Crippen LogP contribution in [-0.4, -0.2) is 23.3 Å². The second kappa shape index (κ2) is 6.02. The average molecular weight is 265 g/mol. The maximum Gasteiger partial charge on any atom is 0.203 e. The Balaban J connectivity index is 2.08. The fourth-order valence-electron chi connectivity index (χ4n) is 1.90. The van der Waals surface area contributed by atoms with Gasteiger partial charge in [-0.2, -0.15) is 11.3 Å². The molecule has 0 radical (unpaired) electrons. The van der Waals surface area contributed by atoms with Gasteiger partial charge in [-0.3, -0.25) is 0 Å². The van der Waals surface area contributed by atoms with Crippen LogP contribution in [0, 0.1) is 0 Å². The summed E-state index contributed by atoms with van der Waals surface area (Å²) in [5.74, 6) is 0.887. The van der Waals surface area contributed by atoms with Gasteiger partial charge in [0.15, 0.2) is 0 Å². The Labute approximate surface area is 112 Å². The van der Waals surface area contributed by atoms with Gasteiger partial charge in [-0.25, -0.2) is 4.98 Å². The third kappa shape index (κ3) is 2.91. The summed E-state index contributed by atoms with van der Waals surface area (Å²) in [6.07, 6.45) is 3.79. The maximum atomic E-state index is 5.18. The maximum absolute atomic E-state index is 5.18. The summed E-state index contributed by atoms with van der Waals surface area (Å²) in [6.45, 7) is 4.94. The fourth-order valence-corrected chi connectivity index (χ4v) is 2.65. The van der Waals surface area contributed by atoms with Crippen molar-refractivity contribution in [2.45, 2.75) is 25.9 Å². The van der Waals surface area contributed by atoms with Gasteiger partial charge in [-0.15, -0.1) is 0 Å². The molecule has 0 saturated carbocycles. The molecule has 0 aliphatic heterocycles. The lowest BCUT2D eigenvalue weighted by molar-refractivity contribution is 0.163. The van der Waals surface area contributed by atoms with E-state index >= 15 is 0 Å². The Morgan fingerprint density at radius 3 is 3.00 bits per heavy atom. The number of imidazole rings is 1. The summed E-state index contributed by atoms with van der Waals surface area (Å²) in [7, 11) is 1.72. The minimum atomic E-state index is 0.257. The Bertz CT molecular complexity index is 466. The van der Waals surface area contributed by atoms with Crippen LogP contribution in [0.4, 0.5) is 5.95 Å². The van der Waals surface area contributed by atoms with Crippen molar-refractivity contribution in [1.29, 1.82) is 0 Å². The lowest BCUT2D eigenvalue weighted by Gasteiger charge is -2.19. The molecular weight excluding hydrogens is 246 g/mol. The highest BCUT2D eigenvalue weighted by Gasteiger charge is 2.13. The van der Waals surface area contributed by atoms with Crippen LogP contribution in [-0.2, 0) is 4.74 Å². The SMILES string of the molecule is COCC(C)n1ccnc1NC(C)c1ccsc1. The van der Waals surface area contributed by atoms with Crippen LogP contribution in [0.1, 0.15) is 31.5 Å². The van der Waals surface area contributed by atoms with E-state index < -0.39 is 0 Å². The molecule has 2 rings (SSSR count). The van der Waals surface area contributed by atoms with Gasteiger partial charge in [-0.1, -0.05) is 0 Å². The lowest BCUT2D eigenvalue weighted by Crippen LogP contribution is -2.16. The molecule has 0 aliphatic rings. The molecule has 1 N–H and O–H groups in total. The molecule has 0 spiro atoms. The van der Waals surface area contributed by atoms with E-state index in [-0.39, 0.29) is 12.1 Å². The molecule has 0 amide bonds. The summed E-state index contributed by atoms with van der Waals surface area (Å²) in [6, 6.07) is 2.66. The normalized spacial score (nSPS) is 14.4. The number of thiophene rings is 1. The number of ether oxygens (including phenoxy) is 1. The first-order valence-electron chi connectivity index (χ1n) is 6.02. The van der Waals surface area contributed by atoms with Gasteiger partial charge < -0.3 is 14.6 Å². The molecule has 2 aromatic rings. The highest BCUT2D eigenvalue weighted by molar-refractivity contribution is 7.07. The number of hydrogen-bond acceptors (Lipinski definition) is 4. The van der Waals surface area contributed by atoms with Crippen LogP contribution < -0.4 is 5.32 Å². The summed E-state index contributed by atoms with van der Waals surface area (Å²) in [5, 5.41) is 7.68. The van der Waals surface area contributed by atoms with E-state index in [9.17, 15) is 0 Å². The summed E-state index contributed by atoms with van der Waals surface area (Å²) >= 11 is 1.71. The topological polar surface area (TPSA) is 39.1 Å². The number of hydrogen-bond donors (Lipinski definition) is 1. The Hall–Kier alpha value is -1.33. The van der Waals surface area contributed by atoms with E-state index in [1.165, 1.54) is 5.56 Å². The Morgan fingerprint density at radius 1 is 1.50 bits per heavy atom. The van der Waals surface area contributed by atoms with Crippen molar-refractivity contribution in [2.24, 2.45) is 0 Å². The Kier molecular flexibility index (Phi) is 4.38. The zero-order chi connectivity index (χ0) is 13.0. The van der Waals surface area contributed by atoms with Gasteiger partial charge in [0, 0.05) is 19.5 Å². The third-order valence-corrected chi connectivity index (χ3v) is 3.64. The van der Waals surface area contributed by atoms with E-state index in [0.717, 1.165) is 5.95 Å². The number of methoxy groups -OCH3 is 1. The van der Waals surface area contributed by atoms with Crippen LogP contribution in [0.25, 0.3) is 0 Å². The summed E-state index contributed by atoms with van der Waals surface area (Å²) in [4.78, 5) is 4.37.